The number of fused-ring (bicyclic) bond motifs is 1. The van der Waals surface area contributed by atoms with Crippen molar-refractivity contribution in [3.05, 3.63) is 63.0 Å². The minimum atomic E-state index is -0.402. The number of methoxy groups -OCH3 is 1. The molecule has 0 aromatic heterocycles. The fourth-order valence-electron chi connectivity index (χ4n) is 2.50. The second kappa shape index (κ2) is 9.07. The largest absolute Gasteiger partial charge is 0.503 e. The Morgan fingerprint density at radius 2 is 1.96 bits per heavy atom. The number of hydrazone groups is 1. The molecule has 3 aromatic rings. The van der Waals surface area contributed by atoms with Gasteiger partial charge in [0.25, 0.3) is 5.91 Å². The number of nitrogens with zero attached hydrogens (tertiary/aromatic N) is 1. The van der Waals surface area contributed by atoms with E-state index in [4.69, 9.17) is 9.47 Å². The number of benzene rings is 3. The van der Waals surface area contributed by atoms with Gasteiger partial charge in [0.2, 0.25) is 0 Å². The number of amides is 1. The van der Waals surface area contributed by atoms with Crippen LogP contribution in [0.2, 0.25) is 0 Å². The second-order valence-corrected chi connectivity index (χ2v) is 7.38. The van der Waals surface area contributed by atoms with Crippen molar-refractivity contribution < 1.29 is 19.4 Å². The molecule has 3 rings (SSSR count). The first-order valence-electron chi connectivity index (χ1n) is 8.18. The summed E-state index contributed by atoms with van der Waals surface area (Å²) in [6, 6.07) is 14.9. The quantitative estimate of drug-likeness (QED) is 0.377. The van der Waals surface area contributed by atoms with Gasteiger partial charge in [-0.1, -0.05) is 30.3 Å². The zero-order chi connectivity index (χ0) is 20.1. The first kappa shape index (κ1) is 20.2. The second-order valence-electron chi connectivity index (χ2n) is 5.73. The van der Waals surface area contributed by atoms with Gasteiger partial charge in [-0.2, -0.15) is 5.10 Å². The van der Waals surface area contributed by atoms with Gasteiger partial charge in [-0.15, -0.1) is 0 Å². The van der Waals surface area contributed by atoms with Crippen LogP contribution in [0.5, 0.6) is 17.2 Å². The Labute approximate surface area is 178 Å². The Bertz CT molecular complexity index is 1050. The molecule has 0 spiro atoms. The topological polar surface area (TPSA) is 80.2 Å². The van der Waals surface area contributed by atoms with E-state index in [2.05, 4.69) is 42.4 Å². The van der Waals surface area contributed by atoms with Gasteiger partial charge in [0.15, 0.2) is 18.1 Å². The van der Waals surface area contributed by atoms with Crippen LogP contribution in [-0.4, -0.2) is 30.9 Å². The van der Waals surface area contributed by atoms with Crippen molar-refractivity contribution in [3.8, 4) is 17.2 Å². The lowest BCUT2D eigenvalue weighted by atomic mass is 10.1. The molecule has 144 valence electrons. The number of aromatic hydroxyl groups is 1. The molecule has 6 nitrogen and oxygen atoms in total. The van der Waals surface area contributed by atoms with Gasteiger partial charge in [-0.05, 0) is 66.4 Å². The normalized spacial score (nSPS) is 11.0. The van der Waals surface area contributed by atoms with E-state index in [0.29, 0.717) is 21.5 Å². The molecular weight excluding hydrogens is 492 g/mol. The molecule has 0 radical (unpaired) electrons. The molecule has 8 heteroatoms. The molecule has 2 N–H and O–H groups in total. The fourth-order valence-corrected chi connectivity index (χ4v) is 3.57. The predicted octanol–water partition coefficient (Wildman–Crippen LogP) is 4.61. The summed E-state index contributed by atoms with van der Waals surface area (Å²) in [5.41, 5.74) is 3.04. The molecule has 0 aliphatic rings. The van der Waals surface area contributed by atoms with Crippen molar-refractivity contribution in [2.24, 2.45) is 5.10 Å². The molecule has 0 unspecified atom stereocenters. The summed E-state index contributed by atoms with van der Waals surface area (Å²) in [5, 5.41) is 15.8. The number of carbonyl (C=O) groups is 1. The van der Waals surface area contributed by atoms with Crippen LogP contribution >= 0.6 is 31.9 Å². The lowest BCUT2D eigenvalue weighted by molar-refractivity contribution is -0.123. The Balaban J connectivity index is 1.60. The number of phenolic OH excluding ortho intramolecular Hbond substituents is 1. The highest BCUT2D eigenvalue weighted by molar-refractivity contribution is 9.11. The third kappa shape index (κ3) is 4.63. The maximum absolute atomic E-state index is 12.0. The number of nitrogens with one attached hydrogen (secondary N) is 1. The molecule has 0 heterocycles. The molecule has 0 atom stereocenters. The monoisotopic (exact) mass is 506 g/mol. The highest BCUT2D eigenvalue weighted by Gasteiger charge is 2.09. The van der Waals surface area contributed by atoms with Crippen LogP contribution < -0.4 is 14.9 Å². The van der Waals surface area contributed by atoms with Crippen molar-refractivity contribution in [1.82, 2.24) is 5.43 Å². The summed E-state index contributed by atoms with van der Waals surface area (Å²) < 4.78 is 11.9. The molecule has 0 aliphatic carbocycles. The van der Waals surface area contributed by atoms with Crippen molar-refractivity contribution in [1.29, 1.82) is 0 Å². The van der Waals surface area contributed by atoms with E-state index in [-0.39, 0.29) is 12.4 Å². The minimum absolute atomic E-state index is 0.00181. The van der Waals surface area contributed by atoms with E-state index in [9.17, 15) is 9.90 Å². The van der Waals surface area contributed by atoms with Gasteiger partial charge in [-0.25, -0.2) is 5.43 Å². The molecular formula is C20H16Br2N2O4. The van der Waals surface area contributed by atoms with E-state index in [1.807, 2.05) is 36.4 Å². The van der Waals surface area contributed by atoms with Gasteiger partial charge in [-0.3, -0.25) is 4.79 Å². The van der Waals surface area contributed by atoms with E-state index in [1.54, 1.807) is 12.1 Å². The van der Waals surface area contributed by atoms with Crippen molar-refractivity contribution in [2.45, 2.75) is 0 Å². The minimum Gasteiger partial charge on any atom is -0.503 e. The molecule has 3 aromatic carbocycles. The number of rotatable bonds is 6. The Morgan fingerprint density at radius 1 is 1.18 bits per heavy atom. The van der Waals surface area contributed by atoms with Crippen molar-refractivity contribution in [3.63, 3.8) is 0 Å². The van der Waals surface area contributed by atoms with Gasteiger partial charge < -0.3 is 14.6 Å². The third-order valence-electron chi connectivity index (χ3n) is 3.86. The molecule has 0 fully saturated rings. The summed E-state index contributed by atoms with van der Waals surface area (Å²) >= 11 is 6.75. The molecule has 0 saturated carbocycles. The van der Waals surface area contributed by atoms with Crippen LogP contribution in [0, 0.1) is 0 Å². The van der Waals surface area contributed by atoms with Crippen LogP contribution in [0.15, 0.2) is 62.6 Å². The van der Waals surface area contributed by atoms with Crippen molar-refractivity contribution in [2.75, 3.05) is 13.7 Å². The molecule has 1 amide bonds. The Hall–Kier alpha value is -2.58. The molecule has 0 saturated heterocycles. The highest BCUT2D eigenvalue weighted by Crippen LogP contribution is 2.35. The summed E-state index contributed by atoms with van der Waals surface area (Å²) in [6.45, 7) is -0.184. The third-order valence-corrected chi connectivity index (χ3v) is 5.28. The van der Waals surface area contributed by atoms with Crippen LogP contribution in [0.1, 0.15) is 5.56 Å². The van der Waals surface area contributed by atoms with E-state index < -0.39 is 5.91 Å². The van der Waals surface area contributed by atoms with E-state index in [1.165, 1.54) is 13.3 Å². The van der Waals surface area contributed by atoms with Crippen LogP contribution in [0.4, 0.5) is 0 Å². The molecule has 28 heavy (non-hydrogen) atoms. The predicted molar refractivity (Wildman–Crippen MR) is 115 cm³/mol. The van der Waals surface area contributed by atoms with Crippen molar-refractivity contribution >= 4 is 54.8 Å². The summed E-state index contributed by atoms with van der Waals surface area (Å²) in [4.78, 5) is 12.0. The van der Waals surface area contributed by atoms with Gasteiger partial charge in [0.05, 0.1) is 22.3 Å². The average molecular weight is 508 g/mol. The molecule has 0 aliphatic heterocycles. The number of phenols is 1. The maximum atomic E-state index is 12.0. The zero-order valence-corrected chi connectivity index (χ0v) is 18.0. The van der Waals surface area contributed by atoms with Gasteiger partial charge in [0, 0.05) is 0 Å². The smallest absolute Gasteiger partial charge is 0.277 e. The number of ether oxygens (including phenoxy) is 2. The average Bonchev–Trinajstić information content (AvgIpc) is 2.70. The lowest BCUT2D eigenvalue weighted by Crippen LogP contribution is -2.24. The molecule has 0 bridgehead atoms. The van der Waals surface area contributed by atoms with Crippen LogP contribution in [0.25, 0.3) is 10.8 Å². The number of carbonyl (C=O) groups excluding carboxylic acids is 1. The zero-order valence-electron chi connectivity index (χ0n) is 14.8. The van der Waals surface area contributed by atoms with E-state index >= 15 is 0 Å². The fraction of sp³-hybridized carbons (Fsp3) is 0.100. The standard InChI is InChI=1S/C20H16Br2N2O4/c1-27-17-9-12(8-15(21)20(17)26)10-23-24-18(25)11-28-16-7-6-13-4-2-3-5-14(13)19(16)22/h2-10,26H,11H2,1H3,(H,24,25)/b23-10+. The van der Waals surface area contributed by atoms with Gasteiger partial charge >= 0.3 is 0 Å². The highest BCUT2D eigenvalue weighted by atomic mass is 79.9. The SMILES string of the molecule is COc1cc(/C=N/NC(=O)COc2ccc3ccccc3c2Br)cc(Br)c1O. The number of halogens is 2. The maximum Gasteiger partial charge on any atom is 0.277 e. The van der Waals surface area contributed by atoms with Gasteiger partial charge in [0.1, 0.15) is 5.75 Å². The summed E-state index contributed by atoms with van der Waals surface area (Å²) in [5.74, 6) is 0.468. The Morgan fingerprint density at radius 3 is 2.75 bits per heavy atom. The Kier molecular flexibility index (Phi) is 6.53. The van der Waals surface area contributed by atoms with Crippen LogP contribution in [0.3, 0.4) is 0 Å². The van der Waals surface area contributed by atoms with E-state index in [0.717, 1.165) is 15.2 Å². The first-order chi connectivity index (χ1) is 13.5. The van der Waals surface area contributed by atoms with Crippen LogP contribution in [-0.2, 0) is 4.79 Å². The summed E-state index contributed by atoms with van der Waals surface area (Å²) in [6.07, 6.45) is 1.44. The first-order valence-corrected chi connectivity index (χ1v) is 9.76. The lowest BCUT2D eigenvalue weighted by Gasteiger charge is -2.09. The number of hydrogen-bond acceptors (Lipinski definition) is 5. The summed E-state index contributed by atoms with van der Waals surface area (Å²) in [7, 11) is 1.45. The number of hydrogen-bond donors (Lipinski definition) is 2.